The van der Waals surface area contributed by atoms with E-state index in [2.05, 4.69) is 32.0 Å². The molecule has 0 bridgehead atoms. The fraction of sp³-hybridized carbons (Fsp3) is 0.359. The zero-order valence-corrected chi connectivity index (χ0v) is 30.2. The van der Waals surface area contributed by atoms with Crippen LogP contribution in [-0.4, -0.2) is 87.7 Å². The lowest BCUT2D eigenvalue weighted by atomic mass is 10.00. The van der Waals surface area contributed by atoms with Gasteiger partial charge in [0.05, 0.1) is 23.4 Å². The summed E-state index contributed by atoms with van der Waals surface area (Å²) in [5, 5.41) is 10.9. The summed E-state index contributed by atoms with van der Waals surface area (Å²) in [6.07, 6.45) is 11.2. The van der Waals surface area contributed by atoms with Gasteiger partial charge in [-0.05, 0) is 88.0 Å². The number of alkyl halides is 2. The number of aryl methyl sites for hydroxylation is 1. The fourth-order valence-electron chi connectivity index (χ4n) is 5.83. The molecule has 1 aliphatic heterocycles. The molecule has 0 radical (unpaired) electrons. The molecule has 4 heterocycles. The molecule has 3 aromatic heterocycles. The van der Waals surface area contributed by atoms with Gasteiger partial charge in [-0.15, -0.1) is 0 Å². The van der Waals surface area contributed by atoms with Crippen LogP contribution in [0.2, 0.25) is 0 Å². The first-order valence-electron chi connectivity index (χ1n) is 17.0. The minimum atomic E-state index is -2.65. The number of imidazole rings is 1. The van der Waals surface area contributed by atoms with Crippen molar-refractivity contribution in [2.24, 2.45) is 0 Å². The number of allylic oxidation sites excluding steroid dienone is 6. The van der Waals surface area contributed by atoms with Crippen molar-refractivity contribution < 1.29 is 13.2 Å². The molecule has 4 aromatic rings. The molecule has 266 valence electrons. The van der Waals surface area contributed by atoms with Crippen LogP contribution in [0, 0.1) is 12.7 Å². The van der Waals surface area contributed by atoms with Crippen molar-refractivity contribution in [1.29, 1.82) is 0 Å². The highest BCUT2D eigenvalue weighted by Gasteiger charge is 2.38. The summed E-state index contributed by atoms with van der Waals surface area (Å²) >= 11 is 0. The molecule has 50 heavy (non-hydrogen) atoms. The lowest BCUT2D eigenvalue weighted by Gasteiger charge is -2.16. The molecule has 0 aliphatic carbocycles. The summed E-state index contributed by atoms with van der Waals surface area (Å²) in [4.78, 5) is 17.1. The molecule has 0 atom stereocenters. The quantitative estimate of drug-likeness (QED) is 0.122. The Hall–Kier alpha value is -4.74. The van der Waals surface area contributed by atoms with E-state index in [-0.39, 0.29) is 18.8 Å². The molecule has 0 spiro atoms. The second-order valence-electron chi connectivity index (χ2n) is 12.3. The molecule has 11 heteroatoms. The van der Waals surface area contributed by atoms with Crippen LogP contribution in [0.25, 0.3) is 33.7 Å². The highest BCUT2D eigenvalue weighted by molar-refractivity contribution is 5.90. The largest absolute Gasteiger partial charge is 0.384 e. The van der Waals surface area contributed by atoms with Gasteiger partial charge >= 0.3 is 0 Å². The fourth-order valence-corrected chi connectivity index (χ4v) is 5.83. The Bertz CT molecular complexity index is 1890. The molecule has 1 aromatic carbocycles. The molecular weight excluding hydrogens is 637 g/mol. The molecular formula is C39H49F3N8. The summed E-state index contributed by atoms with van der Waals surface area (Å²) in [5.41, 5.74) is 7.85. The molecule has 8 nitrogen and oxygen atoms in total. The summed E-state index contributed by atoms with van der Waals surface area (Å²) in [6.45, 7) is 15.7. The Labute approximate surface area is 293 Å². The molecule has 0 amide bonds. The van der Waals surface area contributed by atoms with Crippen LogP contribution in [0.4, 0.5) is 18.9 Å². The third-order valence-electron chi connectivity index (χ3n) is 8.14. The predicted molar refractivity (Wildman–Crippen MR) is 201 cm³/mol. The number of H-pyrrole nitrogens is 2. The number of likely N-dealkylation sites (tertiary alicyclic amines) is 1. The minimum absolute atomic E-state index is 0.121. The van der Waals surface area contributed by atoms with Crippen LogP contribution >= 0.6 is 0 Å². The van der Waals surface area contributed by atoms with Crippen LogP contribution in [0.3, 0.4) is 0 Å². The Morgan fingerprint density at radius 3 is 2.58 bits per heavy atom. The van der Waals surface area contributed by atoms with Crippen molar-refractivity contribution in [3.8, 4) is 11.5 Å². The van der Waals surface area contributed by atoms with E-state index in [1.165, 1.54) is 12.1 Å². The van der Waals surface area contributed by atoms with Crippen molar-refractivity contribution in [2.75, 3.05) is 52.1 Å². The topological polar surface area (TPSA) is 88.8 Å². The third-order valence-corrected chi connectivity index (χ3v) is 8.14. The predicted octanol–water partition coefficient (Wildman–Crippen LogP) is 8.66. The summed E-state index contributed by atoms with van der Waals surface area (Å²) in [7, 11) is 3.98. The molecule has 3 N–H and O–H groups in total. The summed E-state index contributed by atoms with van der Waals surface area (Å²) < 4.78 is 42.6. The van der Waals surface area contributed by atoms with E-state index in [0.29, 0.717) is 64.9 Å². The molecule has 1 saturated heterocycles. The summed E-state index contributed by atoms with van der Waals surface area (Å²) in [5.74, 6) is -2.50. The lowest BCUT2D eigenvalue weighted by Crippen LogP contribution is -2.26. The van der Waals surface area contributed by atoms with E-state index in [0.717, 1.165) is 28.9 Å². The number of anilines is 1. The number of likely N-dealkylation sites (N-methyl/N-ethyl adjacent to an activating group) is 1. The van der Waals surface area contributed by atoms with Gasteiger partial charge in [0.2, 0.25) is 0 Å². The number of aromatic amines is 2. The normalized spacial score (nSPS) is 15.6. The van der Waals surface area contributed by atoms with Crippen molar-refractivity contribution in [1.82, 2.24) is 34.9 Å². The number of nitrogens with zero attached hydrogens (tertiary/aromatic N) is 5. The van der Waals surface area contributed by atoms with Crippen LogP contribution in [0.1, 0.15) is 56.8 Å². The standard InChI is InChI=1S/C37H43F3N8.C2H6/c1-7-10-25(22-48-16-14-37(39,40)23-48)18-26(9-3)31-12-13-32-34(43-31)35(46-45-32)36-42-24(4)33(44-36)30(11-8-2)27-19-28(38)21-29(20-27)41-15-17-47(5)6;1-2/h7-13,18-21,41H,2,14-17,22-23H2,1,3-6H3,(H,42,44)(H,45,46);1-2H3/b10-7+,25-18+,26-9+,30-11-;. The second kappa shape index (κ2) is 17.3. The van der Waals surface area contributed by atoms with Crippen LogP contribution in [0.15, 0.2) is 78.9 Å². The van der Waals surface area contributed by atoms with Gasteiger partial charge in [-0.2, -0.15) is 5.10 Å². The number of rotatable bonds is 13. The first kappa shape index (κ1) is 38.1. The van der Waals surface area contributed by atoms with Gasteiger partial charge < -0.3 is 15.2 Å². The maximum absolute atomic E-state index is 14.8. The van der Waals surface area contributed by atoms with Crippen molar-refractivity contribution in [3.63, 3.8) is 0 Å². The number of aromatic nitrogens is 5. The highest BCUT2D eigenvalue weighted by Crippen LogP contribution is 2.32. The number of halogens is 3. The number of benzene rings is 1. The zero-order valence-electron chi connectivity index (χ0n) is 30.2. The molecule has 5 rings (SSSR count). The third kappa shape index (κ3) is 9.48. The summed E-state index contributed by atoms with van der Waals surface area (Å²) in [6, 6.07) is 8.70. The zero-order chi connectivity index (χ0) is 36.4. The van der Waals surface area contributed by atoms with E-state index in [1.807, 2.05) is 97.3 Å². The average molecular weight is 687 g/mol. The second-order valence-corrected chi connectivity index (χ2v) is 12.3. The van der Waals surface area contributed by atoms with Gasteiger partial charge in [0.15, 0.2) is 11.5 Å². The molecule has 0 saturated carbocycles. The number of fused-ring (bicyclic) bond motifs is 1. The van der Waals surface area contributed by atoms with E-state index in [9.17, 15) is 13.2 Å². The van der Waals surface area contributed by atoms with E-state index >= 15 is 0 Å². The van der Waals surface area contributed by atoms with E-state index in [1.54, 1.807) is 11.0 Å². The van der Waals surface area contributed by atoms with E-state index in [4.69, 9.17) is 9.97 Å². The van der Waals surface area contributed by atoms with Crippen LogP contribution < -0.4 is 5.32 Å². The van der Waals surface area contributed by atoms with Crippen LogP contribution in [-0.2, 0) is 0 Å². The maximum Gasteiger partial charge on any atom is 0.261 e. The number of nitrogens with one attached hydrogen (secondary N) is 3. The molecule has 0 unspecified atom stereocenters. The lowest BCUT2D eigenvalue weighted by molar-refractivity contribution is 0.0131. The SMILES string of the molecule is C=C/C=C(/c1cc(F)cc(NCCN(C)C)c1)c1nc(-c2n[nH]c3ccc(C(/C=C(\C=C\C)CN4CCC(F)(F)C4)=C/C)nc23)[nH]c1C.CC. The monoisotopic (exact) mass is 686 g/mol. The highest BCUT2D eigenvalue weighted by atomic mass is 19.3. The number of hydrogen-bond acceptors (Lipinski definition) is 6. The Morgan fingerprint density at radius 2 is 1.92 bits per heavy atom. The van der Waals surface area contributed by atoms with Gasteiger partial charge in [-0.3, -0.25) is 10.00 Å². The number of pyridine rings is 1. The smallest absolute Gasteiger partial charge is 0.261 e. The van der Waals surface area contributed by atoms with Crippen LogP contribution in [0.5, 0.6) is 0 Å². The average Bonchev–Trinajstić information content (AvgIpc) is 3.78. The van der Waals surface area contributed by atoms with Gasteiger partial charge in [0.1, 0.15) is 11.3 Å². The van der Waals surface area contributed by atoms with Crippen molar-refractivity contribution in [2.45, 2.75) is 47.0 Å². The number of hydrogen-bond donors (Lipinski definition) is 3. The first-order chi connectivity index (χ1) is 24.0. The molecule has 1 aliphatic rings. The van der Waals surface area contributed by atoms with Crippen molar-refractivity contribution in [3.05, 3.63) is 107 Å². The maximum atomic E-state index is 14.8. The van der Waals surface area contributed by atoms with E-state index < -0.39 is 5.92 Å². The minimum Gasteiger partial charge on any atom is -0.384 e. The van der Waals surface area contributed by atoms with Gasteiger partial charge in [0, 0.05) is 49.6 Å². The van der Waals surface area contributed by atoms with Crippen molar-refractivity contribution >= 4 is 27.9 Å². The Morgan fingerprint density at radius 1 is 1.14 bits per heavy atom. The van der Waals surface area contributed by atoms with Gasteiger partial charge in [0.25, 0.3) is 5.92 Å². The van der Waals surface area contributed by atoms with Gasteiger partial charge in [-0.25, -0.2) is 23.1 Å². The first-order valence-corrected chi connectivity index (χ1v) is 17.0. The Balaban J connectivity index is 0.00000276. The molecule has 1 fully saturated rings. The van der Waals surface area contributed by atoms with Gasteiger partial charge in [-0.1, -0.05) is 50.8 Å². The Kier molecular flexibility index (Phi) is 13.1.